The molecule has 0 aliphatic rings. The van der Waals surface area contributed by atoms with Crippen LogP contribution in [0.25, 0.3) is 0 Å². The Balaban J connectivity index is 3.73. The van der Waals surface area contributed by atoms with Crippen molar-refractivity contribution in [3.8, 4) is 0 Å². The first-order valence-electron chi connectivity index (χ1n) is 5.75. The summed E-state index contributed by atoms with van der Waals surface area (Å²) in [6, 6.07) is -1.37. The van der Waals surface area contributed by atoms with Gasteiger partial charge in [0.1, 0.15) is 0 Å². The number of rotatable bonds is 7. The van der Waals surface area contributed by atoms with Gasteiger partial charge in [-0.2, -0.15) is 0 Å². The van der Waals surface area contributed by atoms with Crippen molar-refractivity contribution in [2.24, 2.45) is 0 Å². The fourth-order valence-corrected chi connectivity index (χ4v) is 1.29. The van der Waals surface area contributed by atoms with Gasteiger partial charge in [0.25, 0.3) is 0 Å². The topological polar surface area (TPSA) is 81.3 Å². The lowest BCUT2D eigenvalue weighted by Crippen LogP contribution is -2.50. The SMILES string of the molecule is CCCCC[C@@H](C)NC(=O)N[C@H](C)C(=O)[O-]. The number of carboxylic acid groups (broad SMARTS) is 1. The van der Waals surface area contributed by atoms with Gasteiger partial charge < -0.3 is 20.5 Å². The highest BCUT2D eigenvalue weighted by molar-refractivity contribution is 5.81. The lowest BCUT2D eigenvalue weighted by Gasteiger charge is -2.18. The van der Waals surface area contributed by atoms with Crippen molar-refractivity contribution in [3.63, 3.8) is 0 Å². The molecule has 0 saturated carbocycles. The largest absolute Gasteiger partial charge is 0.548 e. The molecule has 94 valence electrons. The Morgan fingerprint density at radius 2 is 1.81 bits per heavy atom. The quantitative estimate of drug-likeness (QED) is 0.620. The average molecular weight is 229 g/mol. The van der Waals surface area contributed by atoms with E-state index >= 15 is 0 Å². The first kappa shape index (κ1) is 14.7. The van der Waals surface area contributed by atoms with Gasteiger partial charge in [-0.25, -0.2) is 4.79 Å². The Bertz CT molecular complexity index is 231. The molecule has 0 saturated heterocycles. The number of aliphatic carboxylic acids is 1. The Morgan fingerprint density at radius 3 is 2.31 bits per heavy atom. The van der Waals surface area contributed by atoms with Crippen LogP contribution in [-0.2, 0) is 4.79 Å². The van der Waals surface area contributed by atoms with Crippen LogP contribution in [0.5, 0.6) is 0 Å². The van der Waals surface area contributed by atoms with E-state index in [1.165, 1.54) is 6.92 Å². The molecule has 16 heavy (non-hydrogen) atoms. The van der Waals surface area contributed by atoms with E-state index in [-0.39, 0.29) is 6.04 Å². The maximum Gasteiger partial charge on any atom is 0.315 e. The van der Waals surface area contributed by atoms with Crippen LogP contribution in [0.4, 0.5) is 4.79 Å². The lowest BCUT2D eigenvalue weighted by molar-refractivity contribution is -0.307. The molecule has 2 atom stereocenters. The highest BCUT2D eigenvalue weighted by Crippen LogP contribution is 2.02. The predicted octanol–water partition coefficient (Wildman–Crippen LogP) is 0.393. The van der Waals surface area contributed by atoms with Crippen molar-refractivity contribution >= 4 is 12.0 Å². The number of hydrogen-bond acceptors (Lipinski definition) is 3. The molecule has 5 nitrogen and oxygen atoms in total. The summed E-state index contributed by atoms with van der Waals surface area (Å²) < 4.78 is 0. The van der Waals surface area contributed by atoms with Crippen LogP contribution in [0.15, 0.2) is 0 Å². The number of amides is 2. The van der Waals surface area contributed by atoms with Crippen LogP contribution < -0.4 is 15.7 Å². The molecular formula is C11H21N2O3-. The molecule has 0 aliphatic heterocycles. The van der Waals surface area contributed by atoms with Crippen molar-refractivity contribution in [3.05, 3.63) is 0 Å². The minimum Gasteiger partial charge on any atom is -0.548 e. The molecule has 0 aromatic carbocycles. The number of carbonyl (C=O) groups is 2. The first-order valence-corrected chi connectivity index (χ1v) is 5.75. The van der Waals surface area contributed by atoms with Gasteiger partial charge in [0.15, 0.2) is 0 Å². The summed E-state index contributed by atoms with van der Waals surface area (Å²) in [5, 5.41) is 15.3. The summed E-state index contributed by atoms with van der Waals surface area (Å²) in [6.45, 7) is 5.39. The van der Waals surface area contributed by atoms with Gasteiger partial charge in [-0.05, 0) is 20.3 Å². The molecule has 0 rings (SSSR count). The molecule has 0 aromatic heterocycles. The van der Waals surface area contributed by atoms with Crippen LogP contribution in [0, 0.1) is 0 Å². The van der Waals surface area contributed by atoms with Crippen molar-refractivity contribution < 1.29 is 14.7 Å². The van der Waals surface area contributed by atoms with E-state index in [0.29, 0.717) is 0 Å². The van der Waals surface area contributed by atoms with Gasteiger partial charge >= 0.3 is 6.03 Å². The van der Waals surface area contributed by atoms with E-state index in [1.807, 2.05) is 6.92 Å². The number of carbonyl (C=O) groups excluding carboxylic acids is 2. The highest BCUT2D eigenvalue weighted by atomic mass is 16.4. The standard InChI is InChI=1S/C11H22N2O3/c1-4-5-6-7-8(2)12-11(16)13-9(3)10(14)15/h8-9H,4-7H2,1-3H3,(H,14,15)(H2,12,13,16)/p-1/t8-,9-/m1/s1. The Hall–Kier alpha value is -1.26. The fraction of sp³-hybridized carbons (Fsp3) is 0.818. The highest BCUT2D eigenvalue weighted by Gasteiger charge is 2.10. The third-order valence-corrected chi connectivity index (χ3v) is 2.32. The zero-order chi connectivity index (χ0) is 12.6. The summed E-state index contributed by atoms with van der Waals surface area (Å²) in [5.74, 6) is -1.28. The second-order valence-corrected chi connectivity index (χ2v) is 4.06. The summed E-state index contributed by atoms with van der Waals surface area (Å²) in [4.78, 5) is 21.7. The molecular weight excluding hydrogens is 208 g/mol. The first-order chi connectivity index (χ1) is 7.47. The molecule has 0 aliphatic carbocycles. The smallest absolute Gasteiger partial charge is 0.315 e. The van der Waals surface area contributed by atoms with E-state index in [4.69, 9.17) is 0 Å². The van der Waals surface area contributed by atoms with Gasteiger partial charge in [0.2, 0.25) is 0 Å². The second-order valence-electron chi connectivity index (χ2n) is 4.06. The molecule has 0 unspecified atom stereocenters. The normalized spacial score (nSPS) is 13.9. The average Bonchev–Trinajstić information content (AvgIpc) is 2.17. The van der Waals surface area contributed by atoms with Gasteiger partial charge in [-0.15, -0.1) is 0 Å². The summed E-state index contributed by atoms with van der Waals surface area (Å²) in [5.41, 5.74) is 0. The molecule has 0 bridgehead atoms. The van der Waals surface area contributed by atoms with Crippen LogP contribution in [0.2, 0.25) is 0 Å². The predicted molar refractivity (Wildman–Crippen MR) is 59.7 cm³/mol. The molecule has 0 heterocycles. The van der Waals surface area contributed by atoms with Crippen LogP contribution in [-0.4, -0.2) is 24.1 Å². The zero-order valence-corrected chi connectivity index (χ0v) is 10.2. The van der Waals surface area contributed by atoms with Crippen LogP contribution >= 0.6 is 0 Å². The number of hydrogen-bond donors (Lipinski definition) is 2. The minimum absolute atomic E-state index is 0.0560. The lowest BCUT2D eigenvalue weighted by atomic mass is 10.1. The van der Waals surface area contributed by atoms with Crippen molar-refractivity contribution in [2.45, 2.75) is 58.5 Å². The molecule has 0 spiro atoms. The summed E-state index contributed by atoms with van der Waals surface area (Å²) in [6.07, 6.45) is 4.25. The van der Waals surface area contributed by atoms with Gasteiger partial charge in [-0.3, -0.25) is 0 Å². The maximum atomic E-state index is 11.3. The van der Waals surface area contributed by atoms with Crippen molar-refractivity contribution in [1.29, 1.82) is 0 Å². The number of unbranched alkanes of at least 4 members (excludes halogenated alkanes) is 2. The zero-order valence-electron chi connectivity index (χ0n) is 10.2. The Labute approximate surface area is 96.6 Å². The number of nitrogens with one attached hydrogen (secondary N) is 2. The molecule has 2 N–H and O–H groups in total. The van der Waals surface area contributed by atoms with Crippen molar-refractivity contribution in [1.82, 2.24) is 10.6 Å². The molecule has 0 aromatic rings. The van der Waals surface area contributed by atoms with Gasteiger partial charge in [0, 0.05) is 6.04 Å². The maximum absolute atomic E-state index is 11.3. The molecule has 2 amide bonds. The van der Waals surface area contributed by atoms with E-state index in [2.05, 4.69) is 17.6 Å². The number of urea groups is 1. The van der Waals surface area contributed by atoms with Crippen LogP contribution in [0.1, 0.15) is 46.5 Å². The second kappa shape index (κ2) is 7.96. The third-order valence-electron chi connectivity index (χ3n) is 2.32. The molecule has 5 heteroatoms. The fourth-order valence-electron chi connectivity index (χ4n) is 1.29. The summed E-state index contributed by atoms with van der Waals surface area (Å²) in [7, 11) is 0. The number of carboxylic acids is 1. The van der Waals surface area contributed by atoms with E-state index in [0.717, 1.165) is 25.7 Å². The molecule has 0 radical (unpaired) electrons. The van der Waals surface area contributed by atoms with Crippen LogP contribution in [0.3, 0.4) is 0 Å². The third kappa shape index (κ3) is 7.09. The molecule has 0 fully saturated rings. The summed E-state index contributed by atoms with van der Waals surface area (Å²) >= 11 is 0. The van der Waals surface area contributed by atoms with E-state index in [9.17, 15) is 14.7 Å². The van der Waals surface area contributed by atoms with Gasteiger partial charge in [0.05, 0.1) is 12.0 Å². The monoisotopic (exact) mass is 229 g/mol. The van der Waals surface area contributed by atoms with E-state index < -0.39 is 18.0 Å². The van der Waals surface area contributed by atoms with E-state index in [1.54, 1.807) is 0 Å². The minimum atomic E-state index is -1.28. The Morgan fingerprint density at radius 1 is 1.19 bits per heavy atom. The van der Waals surface area contributed by atoms with Gasteiger partial charge in [-0.1, -0.05) is 26.2 Å². The van der Waals surface area contributed by atoms with Crippen molar-refractivity contribution in [2.75, 3.05) is 0 Å². The Kier molecular flexibility index (Phi) is 7.33.